The number of benzene rings is 2. The number of para-hydroxylation sites is 1. The molecule has 0 spiro atoms. The lowest BCUT2D eigenvalue weighted by Gasteiger charge is -2.25. The Balaban J connectivity index is 2.17. The van der Waals surface area contributed by atoms with E-state index in [1.807, 2.05) is 79.5 Å². The summed E-state index contributed by atoms with van der Waals surface area (Å²) in [5, 5.41) is 0. The van der Waals surface area contributed by atoms with Crippen LogP contribution in [0.1, 0.15) is 17.3 Å². The Morgan fingerprint density at radius 3 is 2.00 bits per heavy atom. The lowest BCUT2D eigenvalue weighted by atomic mass is 10.0. The number of hydrogen-bond donors (Lipinski definition) is 0. The average molecular weight is 239 g/mol. The van der Waals surface area contributed by atoms with Crippen LogP contribution in [-0.2, 0) is 0 Å². The fourth-order valence-corrected chi connectivity index (χ4v) is 1.91. The molecule has 0 aromatic heterocycles. The van der Waals surface area contributed by atoms with Crippen LogP contribution in [0.5, 0.6) is 0 Å². The second-order valence-corrected chi connectivity index (χ2v) is 4.35. The molecule has 0 aliphatic rings. The molecule has 0 saturated heterocycles. The number of carbonyl (C=O) groups excluding carboxylic acids is 1. The van der Waals surface area contributed by atoms with Gasteiger partial charge in [0.05, 0.1) is 6.04 Å². The van der Waals surface area contributed by atoms with Gasteiger partial charge in [0.25, 0.3) is 0 Å². The van der Waals surface area contributed by atoms with Gasteiger partial charge in [-0.25, -0.2) is 0 Å². The van der Waals surface area contributed by atoms with Crippen molar-refractivity contribution in [2.75, 3.05) is 11.9 Å². The maximum atomic E-state index is 12.3. The summed E-state index contributed by atoms with van der Waals surface area (Å²) in [6.45, 7) is 1.93. The van der Waals surface area contributed by atoms with Crippen molar-refractivity contribution in [2.24, 2.45) is 0 Å². The molecule has 2 aromatic carbocycles. The fraction of sp³-hybridized carbons (Fsp3) is 0.188. The Kier molecular flexibility index (Phi) is 3.78. The molecule has 0 unspecified atom stereocenters. The number of likely N-dealkylation sites (N-methyl/N-ethyl adjacent to an activating group) is 1. The molecule has 0 heterocycles. The predicted molar refractivity (Wildman–Crippen MR) is 75.1 cm³/mol. The molecule has 0 aliphatic carbocycles. The van der Waals surface area contributed by atoms with Crippen LogP contribution >= 0.6 is 0 Å². The monoisotopic (exact) mass is 239 g/mol. The van der Waals surface area contributed by atoms with Crippen LogP contribution in [0.15, 0.2) is 60.7 Å². The van der Waals surface area contributed by atoms with E-state index >= 15 is 0 Å². The molecule has 18 heavy (non-hydrogen) atoms. The van der Waals surface area contributed by atoms with Gasteiger partial charge in [0, 0.05) is 18.3 Å². The third kappa shape index (κ3) is 2.59. The number of hydrogen-bond acceptors (Lipinski definition) is 2. The van der Waals surface area contributed by atoms with Gasteiger partial charge >= 0.3 is 0 Å². The highest BCUT2D eigenvalue weighted by molar-refractivity contribution is 6.01. The van der Waals surface area contributed by atoms with Gasteiger partial charge in [0.15, 0.2) is 5.78 Å². The van der Waals surface area contributed by atoms with E-state index in [2.05, 4.69) is 0 Å². The van der Waals surface area contributed by atoms with Crippen molar-refractivity contribution in [2.45, 2.75) is 13.0 Å². The van der Waals surface area contributed by atoms with Gasteiger partial charge in [-0.1, -0.05) is 48.5 Å². The number of carbonyl (C=O) groups is 1. The third-order valence-electron chi connectivity index (χ3n) is 3.18. The van der Waals surface area contributed by atoms with Crippen LogP contribution in [0.25, 0.3) is 0 Å². The molecule has 0 amide bonds. The molecule has 1 atom stereocenters. The van der Waals surface area contributed by atoms with Crippen molar-refractivity contribution in [1.82, 2.24) is 0 Å². The summed E-state index contributed by atoms with van der Waals surface area (Å²) in [4.78, 5) is 14.3. The Bertz CT molecular complexity index is 507. The summed E-state index contributed by atoms with van der Waals surface area (Å²) < 4.78 is 0. The van der Waals surface area contributed by atoms with Crippen molar-refractivity contribution in [3.05, 3.63) is 66.2 Å². The van der Waals surface area contributed by atoms with Crippen molar-refractivity contribution in [3.8, 4) is 0 Å². The van der Waals surface area contributed by atoms with E-state index in [4.69, 9.17) is 0 Å². The zero-order chi connectivity index (χ0) is 13.0. The molecule has 2 nitrogen and oxygen atoms in total. The van der Waals surface area contributed by atoms with Gasteiger partial charge in [-0.3, -0.25) is 4.79 Å². The van der Waals surface area contributed by atoms with Crippen LogP contribution in [0.3, 0.4) is 0 Å². The SMILES string of the molecule is C[C@@H](C(=O)c1ccccc1)N(C)c1ccccc1. The molecular weight excluding hydrogens is 222 g/mol. The summed E-state index contributed by atoms with van der Waals surface area (Å²) in [5.74, 6) is 0.141. The van der Waals surface area contributed by atoms with E-state index in [0.29, 0.717) is 0 Å². The van der Waals surface area contributed by atoms with E-state index in [0.717, 1.165) is 11.3 Å². The van der Waals surface area contributed by atoms with Gasteiger partial charge in [-0.2, -0.15) is 0 Å². The zero-order valence-electron chi connectivity index (χ0n) is 10.7. The van der Waals surface area contributed by atoms with Crippen LogP contribution in [0, 0.1) is 0 Å². The molecular formula is C16H17NO. The van der Waals surface area contributed by atoms with Crippen LogP contribution in [-0.4, -0.2) is 18.9 Å². The summed E-state index contributed by atoms with van der Waals surface area (Å²) in [6.07, 6.45) is 0. The zero-order valence-corrected chi connectivity index (χ0v) is 10.7. The second kappa shape index (κ2) is 5.50. The van der Waals surface area contributed by atoms with Crippen LogP contribution in [0.4, 0.5) is 5.69 Å². The predicted octanol–water partition coefficient (Wildman–Crippen LogP) is 3.39. The van der Waals surface area contributed by atoms with E-state index in [-0.39, 0.29) is 11.8 Å². The van der Waals surface area contributed by atoms with Gasteiger partial charge in [0.1, 0.15) is 0 Å². The number of rotatable bonds is 4. The third-order valence-corrected chi connectivity index (χ3v) is 3.18. The van der Waals surface area contributed by atoms with Gasteiger partial charge in [-0.15, -0.1) is 0 Å². The van der Waals surface area contributed by atoms with E-state index in [1.165, 1.54) is 0 Å². The van der Waals surface area contributed by atoms with Gasteiger partial charge in [0.2, 0.25) is 0 Å². The summed E-state index contributed by atoms with van der Waals surface area (Å²) in [6, 6.07) is 19.2. The smallest absolute Gasteiger partial charge is 0.184 e. The minimum atomic E-state index is -0.171. The van der Waals surface area contributed by atoms with Gasteiger partial charge in [-0.05, 0) is 19.1 Å². The Morgan fingerprint density at radius 1 is 0.944 bits per heavy atom. The van der Waals surface area contributed by atoms with E-state index in [9.17, 15) is 4.79 Å². The number of ketones is 1. The molecule has 0 radical (unpaired) electrons. The Labute approximate surface area is 108 Å². The summed E-state index contributed by atoms with van der Waals surface area (Å²) in [7, 11) is 1.95. The number of Topliss-reactive ketones (excluding diaryl/α,β-unsaturated/α-hetero) is 1. The van der Waals surface area contributed by atoms with Crippen molar-refractivity contribution >= 4 is 11.5 Å². The molecule has 2 rings (SSSR count). The molecule has 0 bridgehead atoms. The first-order valence-electron chi connectivity index (χ1n) is 6.07. The first-order chi connectivity index (χ1) is 8.70. The second-order valence-electron chi connectivity index (χ2n) is 4.35. The molecule has 0 saturated carbocycles. The summed E-state index contributed by atoms with van der Waals surface area (Å²) >= 11 is 0. The quantitative estimate of drug-likeness (QED) is 0.762. The molecule has 2 heteroatoms. The number of anilines is 1. The maximum absolute atomic E-state index is 12.3. The number of nitrogens with zero attached hydrogens (tertiary/aromatic N) is 1. The van der Waals surface area contributed by atoms with Crippen molar-refractivity contribution in [3.63, 3.8) is 0 Å². The standard InChI is InChI=1S/C16H17NO/c1-13(16(18)14-9-5-3-6-10-14)17(2)15-11-7-4-8-12-15/h3-13H,1-2H3/t13-/m0/s1. The largest absolute Gasteiger partial charge is 0.364 e. The van der Waals surface area contributed by atoms with Crippen molar-refractivity contribution < 1.29 is 4.79 Å². The Hall–Kier alpha value is -2.09. The minimum Gasteiger partial charge on any atom is -0.364 e. The first-order valence-corrected chi connectivity index (χ1v) is 6.07. The lowest BCUT2D eigenvalue weighted by Crippen LogP contribution is -2.36. The van der Waals surface area contributed by atoms with Crippen molar-refractivity contribution in [1.29, 1.82) is 0 Å². The van der Waals surface area contributed by atoms with E-state index in [1.54, 1.807) is 0 Å². The summed E-state index contributed by atoms with van der Waals surface area (Å²) in [5.41, 5.74) is 1.81. The highest BCUT2D eigenvalue weighted by atomic mass is 16.1. The lowest BCUT2D eigenvalue weighted by molar-refractivity contribution is 0.0966. The molecule has 2 aromatic rings. The first kappa shape index (κ1) is 12.4. The van der Waals surface area contributed by atoms with Crippen LogP contribution in [0.2, 0.25) is 0 Å². The normalized spacial score (nSPS) is 11.9. The average Bonchev–Trinajstić information content (AvgIpc) is 2.47. The Morgan fingerprint density at radius 2 is 1.44 bits per heavy atom. The van der Waals surface area contributed by atoms with Gasteiger partial charge < -0.3 is 4.90 Å². The molecule has 92 valence electrons. The topological polar surface area (TPSA) is 20.3 Å². The minimum absolute atomic E-state index is 0.141. The molecule has 0 fully saturated rings. The van der Waals surface area contributed by atoms with Crippen LogP contribution < -0.4 is 4.90 Å². The highest BCUT2D eigenvalue weighted by Gasteiger charge is 2.19. The molecule has 0 N–H and O–H groups in total. The highest BCUT2D eigenvalue weighted by Crippen LogP contribution is 2.16. The molecule has 0 aliphatic heterocycles. The van der Waals surface area contributed by atoms with E-state index < -0.39 is 0 Å². The fourth-order valence-electron chi connectivity index (χ4n) is 1.91. The maximum Gasteiger partial charge on any atom is 0.184 e.